The number of ether oxygens (including phenoxy) is 2. The molecule has 1 fully saturated rings. The quantitative estimate of drug-likeness (QED) is 0.851. The van der Waals surface area contributed by atoms with E-state index in [0.29, 0.717) is 22.8 Å². The van der Waals surface area contributed by atoms with Crippen molar-refractivity contribution in [1.29, 1.82) is 0 Å². The van der Waals surface area contributed by atoms with Gasteiger partial charge in [-0.2, -0.15) is 0 Å². The van der Waals surface area contributed by atoms with Gasteiger partial charge in [-0.05, 0) is 23.8 Å². The summed E-state index contributed by atoms with van der Waals surface area (Å²) in [6.07, 6.45) is 0. The van der Waals surface area contributed by atoms with Gasteiger partial charge < -0.3 is 14.4 Å². The lowest BCUT2D eigenvalue weighted by molar-refractivity contribution is -0.128. The molecule has 1 saturated heterocycles. The van der Waals surface area contributed by atoms with E-state index in [1.165, 1.54) is 17.8 Å². The first-order valence-electron chi connectivity index (χ1n) is 7.37. The van der Waals surface area contributed by atoms with Gasteiger partial charge in [0.25, 0.3) is 0 Å². The van der Waals surface area contributed by atoms with Gasteiger partial charge >= 0.3 is 0 Å². The highest BCUT2D eigenvalue weighted by atomic mass is 32.2. The van der Waals surface area contributed by atoms with E-state index in [9.17, 15) is 13.6 Å². The summed E-state index contributed by atoms with van der Waals surface area (Å²) >= 11 is 1.48. The van der Waals surface area contributed by atoms with Gasteiger partial charge in [-0.15, -0.1) is 11.8 Å². The van der Waals surface area contributed by atoms with E-state index in [4.69, 9.17) is 9.47 Å². The van der Waals surface area contributed by atoms with Gasteiger partial charge in [-0.25, -0.2) is 8.78 Å². The Balaban J connectivity index is 1.65. The summed E-state index contributed by atoms with van der Waals surface area (Å²) in [6.45, 7) is 0.360. The van der Waals surface area contributed by atoms with Crippen LogP contribution < -0.4 is 9.47 Å². The molecule has 2 aliphatic heterocycles. The highest BCUT2D eigenvalue weighted by Crippen LogP contribution is 2.47. The molecule has 0 saturated carbocycles. The largest absolute Gasteiger partial charge is 0.454 e. The number of carbonyl (C=O) groups excluding carboxylic acids is 1. The highest BCUT2D eigenvalue weighted by molar-refractivity contribution is 8.00. The maximum absolute atomic E-state index is 13.4. The molecule has 2 aliphatic rings. The zero-order valence-corrected chi connectivity index (χ0v) is 13.3. The Labute approximate surface area is 141 Å². The van der Waals surface area contributed by atoms with E-state index in [-0.39, 0.29) is 24.6 Å². The monoisotopic (exact) mass is 349 g/mol. The van der Waals surface area contributed by atoms with Crippen LogP contribution in [-0.2, 0) is 11.3 Å². The fourth-order valence-electron chi connectivity index (χ4n) is 2.86. The van der Waals surface area contributed by atoms with E-state index >= 15 is 0 Å². The number of hydrogen-bond acceptors (Lipinski definition) is 4. The average Bonchev–Trinajstić information content (AvgIpc) is 3.18. The minimum atomic E-state index is -0.916. The number of carbonyl (C=O) groups is 1. The Morgan fingerprint density at radius 3 is 2.88 bits per heavy atom. The molecule has 0 N–H and O–H groups in total. The Bertz CT molecular complexity index is 814. The van der Waals surface area contributed by atoms with Crippen LogP contribution in [0.5, 0.6) is 11.5 Å². The minimum absolute atomic E-state index is 0.0498. The number of rotatable bonds is 3. The van der Waals surface area contributed by atoms with Crippen molar-refractivity contribution in [2.45, 2.75) is 11.9 Å². The molecule has 1 unspecified atom stereocenters. The lowest BCUT2D eigenvalue weighted by Gasteiger charge is -2.25. The summed E-state index contributed by atoms with van der Waals surface area (Å²) in [5.41, 5.74) is 1.39. The molecule has 1 atom stereocenters. The normalized spacial score (nSPS) is 19.2. The molecule has 4 nitrogen and oxygen atoms in total. The van der Waals surface area contributed by atoms with Crippen molar-refractivity contribution in [1.82, 2.24) is 4.90 Å². The number of fused-ring (bicyclic) bond motifs is 1. The average molecular weight is 349 g/mol. The van der Waals surface area contributed by atoms with Gasteiger partial charge in [0.2, 0.25) is 12.7 Å². The number of amides is 1. The third-order valence-electron chi connectivity index (χ3n) is 4.00. The van der Waals surface area contributed by atoms with Crippen LogP contribution in [-0.4, -0.2) is 23.4 Å². The van der Waals surface area contributed by atoms with Crippen LogP contribution in [0.2, 0.25) is 0 Å². The summed E-state index contributed by atoms with van der Waals surface area (Å²) < 4.78 is 37.4. The van der Waals surface area contributed by atoms with E-state index in [1.54, 1.807) is 4.90 Å². The van der Waals surface area contributed by atoms with Crippen molar-refractivity contribution in [3.8, 4) is 11.5 Å². The third kappa shape index (κ3) is 2.58. The molecule has 1 amide bonds. The number of hydrogen-bond donors (Lipinski definition) is 0. The lowest BCUT2D eigenvalue weighted by atomic mass is 10.1. The van der Waals surface area contributed by atoms with Crippen LogP contribution >= 0.6 is 11.8 Å². The number of thioether (sulfide) groups is 1. The Morgan fingerprint density at radius 1 is 1.17 bits per heavy atom. The van der Waals surface area contributed by atoms with Crippen molar-refractivity contribution in [2.75, 3.05) is 12.5 Å². The van der Waals surface area contributed by atoms with Gasteiger partial charge in [-0.3, -0.25) is 4.79 Å². The molecular weight excluding hydrogens is 336 g/mol. The summed E-state index contributed by atoms with van der Waals surface area (Å²) in [4.78, 5) is 13.9. The van der Waals surface area contributed by atoms with Crippen LogP contribution in [0.3, 0.4) is 0 Å². The van der Waals surface area contributed by atoms with Gasteiger partial charge in [0, 0.05) is 12.1 Å². The predicted octanol–water partition coefficient (Wildman–Crippen LogP) is 3.47. The van der Waals surface area contributed by atoms with Gasteiger partial charge in [-0.1, -0.05) is 18.2 Å². The molecule has 2 aromatic carbocycles. The molecule has 0 bridgehead atoms. The zero-order chi connectivity index (χ0) is 16.7. The van der Waals surface area contributed by atoms with Crippen LogP contribution in [0.4, 0.5) is 8.78 Å². The van der Waals surface area contributed by atoms with Crippen molar-refractivity contribution in [3.63, 3.8) is 0 Å². The van der Waals surface area contributed by atoms with Crippen LogP contribution in [0.25, 0.3) is 0 Å². The summed E-state index contributed by atoms with van der Waals surface area (Å²) in [5.74, 6) is -0.241. The van der Waals surface area contributed by atoms with Crippen molar-refractivity contribution >= 4 is 17.7 Å². The highest BCUT2D eigenvalue weighted by Gasteiger charge is 2.36. The molecule has 7 heteroatoms. The molecule has 24 heavy (non-hydrogen) atoms. The second-order valence-corrected chi connectivity index (χ2v) is 6.58. The van der Waals surface area contributed by atoms with E-state index < -0.39 is 11.6 Å². The third-order valence-corrected chi connectivity index (χ3v) is 5.24. The standard InChI is InChI=1S/C17H13F2NO3S/c18-12-5-4-10(6-13(12)19)7-20-15(21)8-24-17(20)11-2-1-3-14-16(11)23-9-22-14/h1-6,17H,7-9H2. The first-order chi connectivity index (χ1) is 11.6. The van der Waals surface area contributed by atoms with Crippen molar-refractivity contribution in [3.05, 3.63) is 59.2 Å². The smallest absolute Gasteiger partial charge is 0.234 e. The Kier molecular flexibility index (Phi) is 3.80. The van der Waals surface area contributed by atoms with Crippen LogP contribution in [0.1, 0.15) is 16.5 Å². The maximum Gasteiger partial charge on any atom is 0.234 e. The number of benzene rings is 2. The molecule has 4 rings (SSSR count). The van der Waals surface area contributed by atoms with Crippen molar-refractivity contribution < 1.29 is 23.0 Å². The number of para-hydroxylation sites is 1. The molecular formula is C17H13F2NO3S. The minimum Gasteiger partial charge on any atom is -0.454 e. The second kappa shape index (κ2) is 5.98. The lowest BCUT2D eigenvalue weighted by Crippen LogP contribution is -2.27. The first kappa shape index (κ1) is 15.3. The number of halogens is 2. The first-order valence-corrected chi connectivity index (χ1v) is 8.42. The second-order valence-electron chi connectivity index (χ2n) is 5.51. The van der Waals surface area contributed by atoms with Crippen molar-refractivity contribution in [2.24, 2.45) is 0 Å². The Hall–Kier alpha value is -2.28. The summed E-state index contributed by atoms with van der Waals surface area (Å²) in [5, 5.41) is -0.248. The molecule has 2 aromatic rings. The van der Waals surface area contributed by atoms with Crippen LogP contribution in [0.15, 0.2) is 36.4 Å². The van der Waals surface area contributed by atoms with Gasteiger partial charge in [0.05, 0.1) is 5.75 Å². The van der Waals surface area contributed by atoms with Crippen LogP contribution in [0, 0.1) is 11.6 Å². The Morgan fingerprint density at radius 2 is 2.04 bits per heavy atom. The fraction of sp³-hybridized carbons (Fsp3) is 0.235. The maximum atomic E-state index is 13.4. The predicted molar refractivity (Wildman–Crippen MR) is 84.7 cm³/mol. The topological polar surface area (TPSA) is 38.8 Å². The van der Waals surface area contributed by atoms with Gasteiger partial charge in [0.15, 0.2) is 23.1 Å². The molecule has 2 heterocycles. The van der Waals surface area contributed by atoms with E-state index in [2.05, 4.69) is 0 Å². The molecule has 124 valence electrons. The number of nitrogens with zero attached hydrogens (tertiary/aromatic N) is 1. The molecule has 0 radical (unpaired) electrons. The zero-order valence-electron chi connectivity index (χ0n) is 12.5. The molecule has 0 spiro atoms. The van der Waals surface area contributed by atoms with E-state index in [1.807, 2.05) is 18.2 Å². The molecule has 0 aromatic heterocycles. The van der Waals surface area contributed by atoms with Gasteiger partial charge in [0.1, 0.15) is 5.37 Å². The fourth-order valence-corrected chi connectivity index (χ4v) is 4.07. The SMILES string of the molecule is O=C1CSC(c2cccc3c2OCO3)N1Cc1ccc(F)c(F)c1. The summed E-state index contributed by atoms with van der Waals surface area (Å²) in [6, 6.07) is 9.24. The summed E-state index contributed by atoms with van der Waals surface area (Å²) in [7, 11) is 0. The molecule has 0 aliphatic carbocycles. The van der Waals surface area contributed by atoms with E-state index in [0.717, 1.165) is 17.7 Å².